The maximum Gasteiger partial charge on any atom is 0.410 e. The van der Waals surface area contributed by atoms with Gasteiger partial charge in [0.2, 0.25) is 0 Å². The van der Waals surface area contributed by atoms with E-state index in [1.54, 1.807) is 4.90 Å². The number of hydrogen-bond acceptors (Lipinski definition) is 5. The molecule has 1 atom stereocenters. The van der Waals surface area contributed by atoms with Crippen LogP contribution in [0.25, 0.3) is 0 Å². The lowest BCUT2D eigenvalue weighted by molar-refractivity contribution is 0.00607. The molecule has 2 aliphatic rings. The van der Waals surface area contributed by atoms with Crippen molar-refractivity contribution >= 4 is 23.2 Å². The van der Waals surface area contributed by atoms with E-state index in [-0.39, 0.29) is 6.09 Å². The van der Waals surface area contributed by atoms with Gasteiger partial charge in [0.1, 0.15) is 33.2 Å². The van der Waals surface area contributed by atoms with Gasteiger partial charge >= 0.3 is 6.09 Å². The number of rotatable bonds is 1. The fourth-order valence-corrected chi connectivity index (χ4v) is 4.03. The van der Waals surface area contributed by atoms with Crippen molar-refractivity contribution in [3.05, 3.63) is 29.8 Å². The normalized spacial score (nSPS) is 21.4. The van der Waals surface area contributed by atoms with Crippen molar-refractivity contribution in [1.29, 1.82) is 0 Å². The summed E-state index contributed by atoms with van der Waals surface area (Å²) in [5, 5.41) is 0. The van der Waals surface area contributed by atoms with E-state index in [9.17, 15) is 9.35 Å². The van der Waals surface area contributed by atoms with Gasteiger partial charge in [-0.3, -0.25) is 0 Å². The number of fused-ring (bicyclic) bond motifs is 1. The molecule has 0 aliphatic carbocycles. The number of hydrogen-bond donors (Lipinski definition) is 0. The summed E-state index contributed by atoms with van der Waals surface area (Å²) in [4.78, 5) is 14.1. The predicted octanol–water partition coefficient (Wildman–Crippen LogP) is 4.10. The van der Waals surface area contributed by atoms with Gasteiger partial charge in [-0.25, -0.2) is 4.79 Å². The van der Waals surface area contributed by atoms with Crippen LogP contribution in [0.2, 0.25) is 0 Å². The van der Waals surface area contributed by atoms with Crippen LogP contribution in [0, 0.1) is 0 Å². The molecule has 0 N–H and O–H groups in total. The molecule has 2 aliphatic heterocycles. The minimum absolute atomic E-state index is 0.311. The number of amides is 1. The molecule has 0 aromatic heterocycles. The van der Waals surface area contributed by atoms with E-state index in [0.29, 0.717) is 25.9 Å². The second-order valence-corrected chi connectivity index (χ2v) is 11.3. The first-order chi connectivity index (χ1) is 12.9. The summed E-state index contributed by atoms with van der Waals surface area (Å²) in [7, 11) is 0. The molecule has 0 saturated carbocycles. The Bertz CT molecular complexity index is 771. The molecule has 154 valence electrons. The minimum atomic E-state index is -1.39. The van der Waals surface area contributed by atoms with Gasteiger partial charge in [-0.05, 0) is 53.7 Å². The third kappa shape index (κ3) is 4.30. The molecule has 28 heavy (non-hydrogen) atoms. The van der Waals surface area contributed by atoms with Crippen LogP contribution in [0.15, 0.2) is 28.7 Å². The average molecular weight is 407 g/mol. The van der Waals surface area contributed by atoms with Crippen molar-refractivity contribution in [3.63, 3.8) is 0 Å². The highest BCUT2D eigenvalue weighted by molar-refractivity contribution is 7.91. The highest BCUT2D eigenvalue weighted by atomic mass is 32.2. The number of carbonyl (C=O) groups excluding carboxylic acids is 1. The second kappa shape index (κ2) is 7.26. The lowest BCUT2D eigenvalue weighted by atomic mass is 9.85. The Morgan fingerprint density at radius 3 is 2.36 bits per heavy atom. The van der Waals surface area contributed by atoms with Gasteiger partial charge in [0, 0.05) is 31.5 Å². The van der Waals surface area contributed by atoms with E-state index in [1.165, 1.54) is 0 Å². The highest BCUT2D eigenvalue weighted by Crippen LogP contribution is 2.42. The fraction of sp³-hybridized carbons (Fsp3) is 0.619. The largest absolute Gasteiger partial charge is 0.591 e. The Hall–Kier alpha value is -1.73. The summed E-state index contributed by atoms with van der Waals surface area (Å²) < 4.78 is 28.8. The van der Waals surface area contributed by atoms with Gasteiger partial charge in [0.15, 0.2) is 5.60 Å². The number of likely N-dealkylation sites (tertiary alicyclic amines) is 1. The number of benzene rings is 1. The molecule has 1 aromatic carbocycles. The Morgan fingerprint density at radius 2 is 1.79 bits per heavy atom. The Balaban J connectivity index is 1.85. The summed E-state index contributed by atoms with van der Waals surface area (Å²) in [6, 6.07) is 7.74. The highest BCUT2D eigenvalue weighted by Gasteiger charge is 2.50. The number of carbonyl (C=O) groups is 1. The van der Waals surface area contributed by atoms with Gasteiger partial charge in [0.25, 0.3) is 0 Å². The Morgan fingerprint density at radius 1 is 1.18 bits per heavy atom. The van der Waals surface area contributed by atoms with E-state index in [1.807, 2.05) is 65.8 Å². The molecule has 0 radical (unpaired) electrons. The number of piperidine rings is 1. The van der Waals surface area contributed by atoms with E-state index < -0.39 is 27.3 Å². The summed E-state index contributed by atoms with van der Waals surface area (Å²) in [6.45, 7) is 12.3. The van der Waals surface area contributed by atoms with Gasteiger partial charge in [-0.15, -0.1) is 0 Å². The maximum absolute atomic E-state index is 12.8. The van der Waals surface area contributed by atoms with Crippen LogP contribution in [0.5, 0.6) is 5.75 Å². The predicted molar refractivity (Wildman–Crippen MR) is 111 cm³/mol. The monoisotopic (exact) mass is 406 g/mol. The van der Waals surface area contributed by atoms with Crippen LogP contribution < -0.4 is 4.74 Å². The van der Waals surface area contributed by atoms with Crippen LogP contribution in [0.3, 0.4) is 0 Å². The van der Waals surface area contributed by atoms with E-state index in [0.717, 1.165) is 17.0 Å². The van der Waals surface area contributed by atoms with Crippen molar-refractivity contribution in [2.24, 2.45) is 4.40 Å². The van der Waals surface area contributed by atoms with E-state index >= 15 is 0 Å². The third-order valence-corrected chi connectivity index (χ3v) is 6.20. The van der Waals surface area contributed by atoms with Crippen molar-refractivity contribution in [1.82, 2.24) is 4.90 Å². The molecule has 1 aromatic rings. The quantitative estimate of drug-likeness (QED) is 0.658. The van der Waals surface area contributed by atoms with Crippen molar-refractivity contribution < 1.29 is 18.8 Å². The van der Waals surface area contributed by atoms with Gasteiger partial charge < -0.3 is 18.9 Å². The molecule has 7 heteroatoms. The van der Waals surface area contributed by atoms with Gasteiger partial charge in [-0.2, -0.15) is 0 Å². The Labute approximate surface area is 170 Å². The topological polar surface area (TPSA) is 74.2 Å². The fourth-order valence-electron chi connectivity index (χ4n) is 3.32. The lowest BCUT2D eigenvalue weighted by Crippen LogP contribution is -2.53. The molecule has 1 amide bonds. The maximum atomic E-state index is 12.8. The second-order valence-electron chi connectivity index (χ2n) is 9.36. The first-order valence-electron chi connectivity index (χ1n) is 9.69. The summed E-state index contributed by atoms with van der Waals surface area (Å²) in [5.74, 6) is 0.762. The number of para-hydroxylation sites is 1. The number of nitrogens with zero attached hydrogens (tertiary/aromatic N) is 2. The first kappa shape index (κ1) is 21.0. The number of ether oxygens (including phenoxy) is 2. The molecule has 1 spiro atoms. The molecule has 2 heterocycles. The van der Waals surface area contributed by atoms with Crippen LogP contribution >= 0.6 is 0 Å². The SMILES string of the molecule is CC(C)(C)OC(=O)N1CCC2(CC1)Oc1ccccc1C2=N[S+]([O-])C(C)(C)C. The van der Waals surface area contributed by atoms with Crippen LogP contribution in [-0.2, 0) is 16.1 Å². The molecule has 1 unspecified atom stereocenters. The molecular weight excluding hydrogens is 376 g/mol. The smallest absolute Gasteiger partial charge is 0.410 e. The molecule has 1 saturated heterocycles. The molecular formula is C21H30N2O4S. The van der Waals surface area contributed by atoms with Gasteiger partial charge in [0.05, 0.1) is 0 Å². The van der Waals surface area contributed by atoms with Crippen LogP contribution in [-0.4, -0.2) is 50.3 Å². The third-order valence-electron chi connectivity index (χ3n) is 4.80. The molecule has 1 fully saturated rings. The minimum Gasteiger partial charge on any atom is -0.591 e. The zero-order valence-corrected chi connectivity index (χ0v) is 18.4. The Kier molecular flexibility index (Phi) is 5.44. The summed E-state index contributed by atoms with van der Waals surface area (Å²) in [5.41, 5.74) is 0.456. The van der Waals surface area contributed by atoms with Crippen LogP contribution in [0.4, 0.5) is 4.79 Å². The van der Waals surface area contributed by atoms with Crippen molar-refractivity contribution in [2.45, 2.75) is 70.3 Å². The molecule has 6 nitrogen and oxygen atoms in total. The molecule has 3 rings (SSSR count). The average Bonchev–Trinajstić information content (AvgIpc) is 2.86. The lowest BCUT2D eigenvalue weighted by Gasteiger charge is -2.39. The summed E-state index contributed by atoms with van der Waals surface area (Å²) >= 11 is -1.39. The molecule has 0 bridgehead atoms. The van der Waals surface area contributed by atoms with Gasteiger partial charge in [-0.1, -0.05) is 16.5 Å². The van der Waals surface area contributed by atoms with E-state index in [4.69, 9.17) is 9.47 Å². The standard InChI is InChI=1S/C21H30N2O4S/c1-19(2,3)27-18(24)23-13-11-21(12-14-23)17(22-28(25)20(4,5)6)15-9-7-8-10-16(15)26-21/h7-10H,11-14H2,1-6H3. The van der Waals surface area contributed by atoms with Crippen LogP contribution in [0.1, 0.15) is 59.9 Å². The zero-order valence-electron chi connectivity index (χ0n) is 17.6. The van der Waals surface area contributed by atoms with E-state index in [2.05, 4.69) is 4.40 Å². The summed E-state index contributed by atoms with van der Waals surface area (Å²) in [6.07, 6.45) is 0.858. The van der Waals surface area contributed by atoms with Crippen molar-refractivity contribution in [2.75, 3.05) is 13.1 Å². The zero-order chi connectivity index (χ0) is 20.7. The van der Waals surface area contributed by atoms with Crippen molar-refractivity contribution in [3.8, 4) is 5.75 Å². The first-order valence-corrected chi connectivity index (χ1v) is 10.8.